The number of carbonyl (C=O) groups excluding carboxylic acids is 1. The molecular weight excluding hydrogens is 221 g/mol. The van der Waals surface area contributed by atoms with Gasteiger partial charge in [0.15, 0.2) is 0 Å². The molecule has 1 atom stereocenters. The molecule has 1 amide bonds. The Morgan fingerprint density at radius 2 is 2.19 bits per heavy atom. The Bertz CT molecular complexity index is 237. The van der Waals surface area contributed by atoms with Crippen molar-refractivity contribution in [1.29, 1.82) is 0 Å². The Morgan fingerprint density at radius 3 is 2.62 bits per heavy atom. The van der Waals surface area contributed by atoms with Gasteiger partial charge < -0.3 is 10.2 Å². The molecule has 0 aliphatic carbocycles. The summed E-state index contributed by atoms with van der Waals surface area (Å²) in [4.78, 5) is 12.7. The molecular formula is C10H17F3N2O. The SMILES string of the molecule is CCN(CC(F)(F)F)C(=O)[C@@H]1CCCNC1. The van der Waals surface area contributed by atoms with Crippen LogP contribution in [0, 0.1) is 5.92 Å². The Hall–Kier alpha value is -0.780. The number of nitrogens with zero attached hydrogens (tertiary/aromatic N) is 1. The first-order valence-corrected chi connectivity index (χ1v) is 5.50. The van der Waals surface area contributed by atoms with E-state index in [0.29, 0.717) is 13.0 Å². The van der Waals surface area contributed by atoms with Gasteiger partial charge >= 0.3 is 6.18 Å². The van der Waals surface area contributed by atoms with Crippen LogP contribution in [0.3, 0.4) is 0 Å². The fraction of sp³-hybridized carbons (Fsp3) is 0.900. The number of hydrogen-bond donors (Lipinski definition) is 1. The molecule has 1 saturated heterocycles. The maximum absolute atomic E-state index is 12.2. The van der Waals surface area contributed by atoms with E-state index in [-0.39, 0.29) is 18.4 Å². The fourth-order valence-corrected chi connectivity index (χ4v) is 1.88. The van der Waals surface area contributed by atoms with E-state index < -0.39 is 12.7 Å². The molecule has 1 aliphatic heterocycles. The van der Waals surface area contributed by atoms with Crippen LogP contribution in [0.2, 0.25) is 0 Å². The van der Waals surface area contributed by atoms with Gasteiger partial charge in [-0.3, -0.25) is 4.79 Å². The second kappa shape index (κ2) is 5.52. The van der Waals surface area contributed by atoms with Gasteiger partial charge in [-0.2, -0.15) is 13.2 Å². The molecule has 1 aliphatic rings. The van der Waals surface area contributed by atoms with Crippen LogP contribution >= 0.6 is 0 Å². The highest BCUT2D eigenvalue weighted by molar-refractivity contribution is 5.79. The molecule has 1 rings (SSSR count). The molecule has 6 heteroatoms. The zero-order chi connectivity index (χ0) is 12.2. The minimum Gasteiger partial charge on any atom is -0.334 e. The first kappa shape index (κ1) is 13.3. The average Bonchev–Trinajstić information content (AvgIpc) is 2.25. The number of hydrogen-bond acceptors (Lipinski definition) is 2. The third kappa shape index (κ3) is 4.00. The van der Waals surface area contributed by atoms with Crippen molar-refractivity contribution in [2.24, 2.45) is 5.92 Å². The van der Waals surface area contributed by atoms with E-state index in [9.17, 15) is 18.0 Å². The van der Waals surface area contributed by atoms with Crippen molar-refractivity contribution in [1.82, 2.24) is 10.2 Å². The summed E-state index contributed by atoms with van der Waals surface area (Å²) in [6.07, 6.45) is -2.78. The summed E-state index contributed by atoms with van der Waals surface area (Å²) >= 11 is 0. The summed E-state index contributed by atoms with van der Waals surface area (Å²) in [6.45, 7) is 1.87. The van der Waals surface area contributed by atoms with E-state index in [1.165, 1.54) is 0 Å². The minimum atomic E-state index is -4.31. The zero-order valence-corrected chi connectivity index (χ0v) is 9.31. The van der Waals surface area contributed by atoms with Crippen LogP contribution in [-0.4, -0.2) is 43.2 Å². The van der Waals surface area contributed by atoms with Gasteiger partial charge in [0.2, 0.25) is 5.91 Å². The highest BCUT2D eigenvalue weighted by atomic mass is 19.4. The Kier molecular flexibility index (Phi) is 4.58. The molecule has 0 radical (unpaired) electrons. The van der Waals surface area contributed by atoms with Gasteiger partial charge in [-0.1, -0.05) is 0 Å². The first-order chi connectivity index (χ1) is 7.44. The lowest BCUT2D eigenvalue weighted by atomic mass is 9.98. The van der Waals surface area contributed by atoms with Gasteiger partial charge in [0, 0.05) is 13.1 Å². The molecule has 0 spiro atoms. The van der Waals surface area contributed by atoms with E-state index in [1.54, 1.807) is 6.92 Å². The fourth-order valence-electron chi connectivity index (χ4n) is 1.88. The summed E-state index contributed by atoms with van der Waals surface area (Å²) in [5.41, 5.74) is 0. The number of nitrogens with one attached hydrogen (secondary N) is 1. The monoisotopic (exact) mass is 238 g/mol. The van der Waals surface area contributed by atoms with Crippen LogP contribution in [-0.2, 0) is 4.79 Å². The molecule has 0 aromatic heterocycles. The van der Waals surface area contributed by atoms with E-state index in [4.69, 9.17) is 0 Å². The molecule has 3 nitrogen and oxygen atoms in total. The van der Waals surface area contributed by atoms with Crippen LogP contribution < -0.4 is 5.32 Å². The third-order valence-corrected chi connectivity index (χ3v) is 2.71. The van der Waals surface area contributed by atoms with Crippen LogP contribution in [0.15, 0.2) is 0 Å². The van der Waals surface area contributed by atoms with Crippen molar-refractivity contribution in [3.05, 3.63) is 0 Å². The lowest BCUT2D eigenvalue weighted by Gasteiger charge is -2.29. The number of carbonyl (C=O) groups is 1. The topological polar surface area (TPSA) is 32.3 Å². The van der Waals surface area contributed by atoms with Crippen LogP contribution in [0.5, 0.6) is 0 Å². The van der Waals surface area contributed by atoms with Crippen LogP contribution in [0.1, 0.15) is 19.8 Å². The average molecular weight is 238 g/mol. The lowest BCUT2D eigenvalue weighted by Crippen LogP contribution is -2.46. The number of rotatable bonds is 3. The molecule has 1 heterocycles. The molecule has 0 unspecified atom stereocenters. The normalized spacial score (nSPS) is 21.9. The number of amides is 1. The van der Waals surface area contributed by atoms with Crippen molar-refractivity contribution in [3.8, 4) is 0 Å². The van der Waals surface area contributed by atoms with E-state index in [1.807, 2.05) is 0 Å². The number of halogens is 3. The van der Waals surface area contributed by atoms with Crippen molar-refractivity contribution < 1.29 is 18.0 Å². The minimum absolute atomic E-state index is 0.106. The zero-order valence-electron chi connectivity index (χ0n) is 9.31. The second-order valence-corrected chi connectivity index (χ2v) is 4.01. The first-order valence-electron chi connectivity index (χ1n) is 5.50. The van der Waals surface area contributed by atoms with Crippen LogP contribution in [0.25, 0.3) is 0 Å². The van der Waals surface area contributed by atoms with Gasteiger partial charge in [-0.05, 0) is 26.3 Å². The van der Waals surface area contributed by atoms with Gasteiger partial charge in [0.1, 0.15) is 6.54 Å². The third-order valence-electron chi connectivity index (χ3n) is 2.71. The summed E-state index contributed by atoms with van der Waals surface area (Å²) in [5, 5.41) is 3.03. The van der Waals surface area contributed by atoms with E-state index >= 15 is 0 Å². The maximum Gasteiger partial charge on any atom is 0.406 e. The number of alkyl halides is 3. The van der Waals surface area contributed by atoms with Crippen molar-refractivity contribution in [2.75, 3.05) is 26.2 Å². The second-order valence-electron chi connectivity index (χ2n) is 4.01. The maximum atomic E-state index is 12.2. The molecule has 0 bridgehead atoms. The predicted molar refractivity (Wildman–Crippen MR) is 53.9 cm³/mol. The highest BCUT2D eigenvalue weighted by Gasteiger charge is 2.34. The van der Waals surface area contributed by atoms with Gasteiger partial charge in [0.25, 0.3) is 0 Å². The molecule has 1 N–H and O–H groups in total. The standard InChI is InChI=1S/C10H17F3N2O/c1-2-15(7-10(11,12)13)9(16)8-4-3-5-14-6-8/h8,14H,2-7H2,1H3/t8-/m1/s1. The summed E-state index contributed by atoms with van der Waals surface area (Å²) in [7, 11) is 0. The Labute approximate surface area is 93.0 Å². The van der Waals surface area contributed by atoms with Crippen LogP contribution in [0.4, 0.5) is 13.2 Å². The van der Waals surface area contributed by atoms with Crippen molar-refractivity contribution in [3.63, 3.8) is 0 Å². The molecule has 16 heavy (non-hydrogen) atoms. The molecule has 1 fully saturated rings. The van der Waals surface area contributed by atoms with E-state index in [0.717, 1.165) is 17.9 Å². The van der Waals surface area contributed by atoms with Crippen molar-refractivity contribution in [2.45, 2.75) is 25.9 Å². The summed E-state index contributed by atoms with van der Waals surface area (Å²) < 4.78 is 36.6. The molecule has 0 aromatic carbocycles. The largest absolute Gasteiger partial charge is 0.406 e. The Morgan fingerprint density at radius 1 is 1.50 bits per heavy atom. The number of piperidine rings is 1. The summed E-state index contributed by atoms with van der Waals surface area (Å²) in [6, 6.07) is 0. The molecule has 94 valence electrons. The van der Waals surface area contributed by atoms with Crippen molar-refractivity contribution >= 4 is 5.91 Å². The van der Waals surface area contributed by atoms with Gasteiger partial charge in [0.05, 0.1) is 5.92 Å². The van der Waals surface area contributed by atoms with Gasteiger partial charge in [-0.15, -0.1) is 0 Å². The molecule has 0 aromatic rings. The Balaban J connectivity index is 2.54. The van der Waals surface area contributed by atoms with E-state index in [2.05, 4.69) is 5.32 Å². The smallest absolute Gasteiger partial charge is 0.334 e. The molecule has 0 saturated carbocycles. The highest BCUT2D eigenvalue weighted by Crippen LogP contribution is 2.19. The summed E-state index contributed by atoms with van der Waals surface area (Å²) in [5.74, 6) is -0.678. The lowest BCUT2D eigenvalue weighted by molar-refractivity contribution is -0.163. The van der Waals surface area contributed by atoms with Gasteiger partial charge in [-0.25, -0.2) is 0 Å². The predicted octanol–water partition coefficient (Wildman–Crippen LogP) is 1.40. The quantitative estimate of drug-likeness (QED) is 0.806.